The van der Waals surface area contributed by atoms with Crippen molar-refractivity contribution in [2.75, 3.05) is 13.2 Å². The Kier molecular flexibility index (Phi) is 3.34. The zero-order chi connectivity index (χ0) is 10.7. The van der Waals surface area contributed by atoms with E-state index in [9.17, 15) is 0 Å². The fraction of sp³-hybridized carbons (Fsp3) is 0.583. The minimum absolute atomic E-state index is 0.112. The molecule has 1 N–H and O–H groups in total. The first-order chi connectivity index (χ1) is 7.27. The Morgan fingerprint density at radius 1 is 1.47 bits per heavy atom. The lowest BCUT2D eigenvalue weighted by molar-refractivity contribution is -0.00932. The van der Waals surface area contributed by atoms with Crippen molar-refractivity contribution in [2.24, 2.45) is 5.92 Å². The molecule has 1 saturated heterocycles. The molecule has 1 aromatic heterocycles. The molecule has 1 aliphatic heterocycles. The van der Waals surface area contributed by atoms with E-state index in [0.29, 0.717) is 12.0 Å². The standard InChI is InChI=1S/C12H18N2O/c1-9(2)11-8-15-12(7-14-11)10-5-3-4-6-13-10/h3-6,9,11-12,14H,7-8H2,1-2H3. The van der Waals surface area contributed by atoms with Crippen LogP contribution in [0.3, 0.4) is 0 Å². The van der Waals surface area contributed by atoms with Crippen molar-refractivity contribution in [3.8, 4) is 0 Å². The maximum absolute atomic E-state index is 5.81. The van der Waals surface area contributed by atoms with Crippen molar-refractivity contribution in [1.82, 2.24) is 10.3 Å². The average Bonchev–Trinajstić information content (AvgIpc) is 2.30. The van der Waals surface area contributed by atoms with Crippen molar-refractivity contribution < 1.29 is 4.74 Å². The quantitative estimate of drug-likeness (QED) is 0.800. The van der Waals surface area contributed by atoms with Crippen LogP contribution in [-0.4, -0.2) is 24.2 Å². The molecular weight excluding hydrogens is 188 g/mol. The topological polar surface area (TPSA) is 34.1 Å². The number of hydrogen-bond donors (Lipinski definition) is 1. The van der Waals surface area contributed by atoms with Gasteiger partial charge in [0.2, 0.25) is 0 Å². The lowest BCUT2D eigenvalue weighted by Crippen LogP contribution is -2.45. The minimum atomic E-state index is 0.112. The van der Waals surface area contributed by atoms with Gasteiger partial charge in [-0.25, -0.2) is 0 Å². The summed E-state index contributed by atoms with van der Waals surface area (Å²) in [4.78, 5) is 4.31. The van der Waals surface area contributed by atoms with Gasteiger partial charge < -0.3 is 10.1 Å². The van der Waals surface area contributed by atoms with Gasteiger partial charge in [-0.2, -0.15) is 0 Å². The highest BCUT2D eigenvalue weighted by molar-refractivity contribution is 5.08. The SMILES string of the molecule is CC(C)C1COC(c2ccccn2)CN1. The molecule has 82 valence electrons. The summed E-state index contributed by atoms with van der Waals surface area (Å²) in [5, 5.41) is 3.50. The summed E-state index contributed by atoms with van der Waals surface area (Å²) in [5.74, 6) is 0.620. The number of aromatic nitrogens is 1. The highest BCUT2D eigenvalue weighted by Crippen LogP contribution is 2.19. The molecule has 0 bridgehead atoms. The van der Waals surface area contributed by atoms with Crippen LogP contribution in [0.1, 0.15) is 25.6 Å². The van der Waals surface area contributed by atoms with E-state index >= 15 is 0 Å². The number of morpholine rings is 1. The molecule has 2 rings (SSSR count). The molecule has 0 saturated carbocycles. The molecule has 0 aromatic carbocycles. The summed E-state index contributed by atoms with van der Waals surface area (Å²) >= 11 is 0. The number of nitrogens with one attached hydrogen (secondary N) is 1. The Bertz CT molecular complexity index is 292. The number of pyridine rings is 1. The van der Waals surface area contributed by atoms with Gasteiger partial charge in [0, 0.05) is 18.8 Å². The van der Waals surface area contributed by atoms with Crippen LogP contribution in [-0.2, 0) is 4.74 Å². The van der Waals surface area contributed by atoms with E-state index in [4.69, 9.17) is 4.74 Å². The second-order valence-electron chi connectivity index (χ2n) is 4.34. The number of ether oxygens (including phenoxy) is 1. The Morgan fingerprint density at radius 3 is 2.87 bits per heavy atom. The van der Waals surface area contributed by atoms with Gasteiger partial charge in [-0.15, -0.1) is 0 Å². The van der Waals surface area contributed by atoms with Crippen molar-refractivity contribution in [3.63, 3.8) is 0 Å². The van der Waals surface area contributed by atoms with Crippen molar-refractivity contribution in [2.45, 2.75) is 26.0 Å². The summed E-state index contributed by atoms with van der Waals surface area (Å²) in [7, 11) is 0. The van der Waals surface area contributed by atoms with Gasteiger partial charge in [-0.3, -0.25) is 4.98 Å². The Balaban J connectivity index is 1.94. The summed E-state index contributed by atoms with van der Waals surface area (Å²) in [6, 6.07) is 6.42. The molecule has 0 spiro atoms. The molecule has 2 heterocycles. The van der Waals surface area contributed by atoms with Gasteiger partial charge in [0.05, 0.1) is 12.3 Å². The van der Waals surface area contributed by atoms with E-state index in [1.807, 2.05) is 24.4 Å². The van der Waals surface area contributed by atoms with Gasteiger partial charge in [0.15, 0.2) is 0 Å². The maximum Gasteiger partial charge on any atom is 0.112 e. The molecule has 0 aliphatic carbocycles. The third kappa shape index (κ3) is 2.55. The predicted molar refractivity (Wildman–Crippen MR) is 59.6 cm³/mol. The van der Waals surface area contributed by atoms with Crippen LogP contribution >= 0.6 is 0 Å². The van der Waals surface area contributed by atoms with Crippen molar-refractivity contribution in [1.29, 1.82) is 0 Å². The van der Waals surface area contributed by atoms with Gasteiger partial charge in [0.1, 0.15) is 6.10 Å². The number of nitrogens with zero attached hydrogens (tertiary/aromatic N) is 1. The molecule has 0 radical (unpaired) electrons. The molecule has 2 unspecified atom stereocenters. The Hall–Kier alpha value is -0.930. The third-order valence-electron chi connectivity index (χ3n) is 2.86. The highest BCUT2D eigenvalue weighted by atomic mass is 16.5. The zero-order valence-corrected chi connectivity index (χ0v) is 9.31. The fourth-order valence-electron chi connectivity index (χ4n) is 1.78. The van der Waals surface area contributed by atoms with Crippen LogP contribution in [0, 0.1) is 5.92 Å². The Labute approximate surface area is 90.9 Å². The monoisotopic (exact) mass is 206 g/mol. The van der Waals surface area contributed by atoms with Crippen molar-refractivity contribution in [3.05, 3.63) is 30.1 Å². The van der Waals surface area contributed by atoms with E-state index in [0.717, 1.165) is 18.8 Å². The van der Waals surface area contributed by atoms with E-state index in [1.165, 1.54) is 0 Å². The second-order valence-corrected chi connectivity index (χ2v) is 4.34. The first-order valence-electron chi connectivity index (χ1n) is 5.53. The van der Waals surface area contributed by atoms with Gasteiger partial charge in [-0.05, 0) is 18.1 Å². The lowest BCUT2D eigenvalue weighted by Gasteiger charge is -2.32. The highest BCUT2D eigenvalue weighted by Gasteiger charge is 2.24. The average molecular weight is 206 g/mol. The minimum Gasteiger partial charge on any atom is -0.369 e. The molecule has 1 fully saturated rings. The normalized spacial score (nSPS) is 26.9. The van der Waals surface area contributed by atoms with E-state index in [2.05, 4.69) is 24.1 Å². The first kappa shape index (κ1) is 10.6. The van der Waals surface area contributed by atoms with Crippen LogP contribution in [0.15, 0.2) is 24.4 Å². The fourth-order valence-corrected chi connectivity index (χ4v) is 1.78. The summed E-state index contributed by atoms with van der Waals surface area (Å²) in [5.41, 5.74) is 1.02. The largest absolute Gasteiger partial charge is 0.369 e. The first-order valence-corrected chi connectivity index (χ1v) is 5.53. The van der Waals surface area contributed by atoms with E-state index in [-0.39, 0.29) is 6.10 Å². The molecule has 2 atom stereocenters. The molecule has 0 amide bonds. The van der Waals surface area contributed by atoms with Crippen LogP contribution in [0.25, 0.3) is 0 Å². The number of rotatable bonds is 2. The molecule has 3 heteroatoms. The molecule has 15 heavy (non-hydrogen) atoms. The maximum atomic E-state index is 5.81. The molecule has 1 aromatic rings. The Morgan fingerprint density at radius 2 is 2.33 bits per heavy atom. The molecule has 3 nitrogen and oxygen atoms in total. The van der Waals surface area contributed by atoms with Crippen LogP contribution in [0.2, 0.25) is 0 Å². The predicted octanol–water partition coefficient (Wildman–Crippen LogP) is 1.77. The van der Waals surface area contributed by atoms with Gasteiger partial charge in [-0.1, -0.05) is 19.9 Å². The number of hydrogen-bond acceptors (Lipinski definition) is 3. The third-order valence-corrected chi connectivity index (χ3v) is 2.86. The molecule has 1 aliphatic rings. The van der Waals surface area contributed by atoms with E-state index in [1.54, 1.807) is 0 Å². The summed E-state index contributed by atoms with van der Waals surface area (Å²) in [6.07, 6.45) is 1.92. The summed E-state index contributed by atoms with van der Waals surface area (Å²) < 4.78 is 5.81. The summed E-state index contributed by atoms with van der Waals surface area (Å²) in [6.45, 7) is 6.06. The smallest absolute Gasteiger partial charge is 0.112 e. The van der Waals surface area contributed by atoms with Crippen molar-refractivity contribution >= 4 is 0 Å². The van der Waals surface area contributed by atoms with Gasteiger partial charge in [0.25, 0.3) is 0 Å². The second kappa shape index (κ2) is 4.73. The van der Waals surface area contributed by atoms with Crippen LogP contribution in [0.5, 0.6) is 0 Å². The lowest BCUT2D eigenvalue weighted by atomic mass is 10.0. The van der Waals surface area contributed by atoms with Crippen LogP contribution in [0.4, 0.5) is 0 Å². The van der Waals surface area contributed by atoms with E-state index < -0.39 is 0 Å². The van der Waals surface area contributed by atoms with Gasteiger partial charge >= 0.3 is 0 Å². The zero-order valence-electron chi connectivity index (χ0n) is 9.31. The molecular formula is C12H18N2O. The van der Waals surface area contributed by atoms with Crippen LogP contribution < -0.4 is 5.32 Å².